The van der Waals surface area contributed by atoms with Crippen molar-refractivity contribution in [2.24, 2.45) is 0 Å². The van der Waals surface area contributed by atoms with E-state index in [1.54, 1.807) is 17.1 Å². The Morgan fingerprint density at radius 1 is 1.47 bits per heavy atom. The van der Waals surface area contributed by atoms with Gasteiger partial charge < -0.3 is 4.74 Å². The number of rotatable bonds is 4. The highest BCUT2D eigenvalue weighted by atomic mass is 79.9. The predicted molar refractivity (Wildman–Crippen MR) is 67.4 cm³/mol. The van der Waals surface area contributed by atoms with Gasteiger partial charge >= 0.3 is 0 Å². The average Bonchev–Trinajstić information content (AvgIpc) is 2.75. The summed E-state index contributed by atoms with van der Waals surface area (Å²) >= 11 is 3.45. The van der Waals surface area contributed by atoms with Crippen LogP contribution in [-0.4, -0.2) is 22.2 Å². The number of nitrogens with zero attached hydrogens (tertiary/aromatic N) is 2. The second-order valence-corrected chi connectivity index (χ2v) is 4.42. The molecule has 0 amide bonds. The Balaban J connectivity index is 2.18. The third-order valence-corrected chi connectivity index (χ3v) is 2.77. The quantitative estimate of drug-likeness (QED) is 0.871. The first-order valence-corrected chi connectivity index (χ1v) is 5.88. The van der Waals surface area contributed by atoms with Gasteiger partial charge in [0, 0.05) is 4.47 Å². The molecule has 5 heteroatoms. The van der Waals surface area contributed by atoms with E-state index in [0.717, 1.165) is 10.2 Å². The van der Waals surface area contributed by atoms with Gasteiger partial charge in [-0.05, 0) is 35.0 Å². The van der Waals surface area contributed by atoms with E-state index in [0.29, 0.717) is 5.75 Å². The summed E-state index contributed by atoms with van der Waals surface area (Å²) in [6, 6.07) is 7.74. The maximum atomic E-state index is 10.8. The van der Waals surface area contributed by atoms with Gasteiger partial charge in [-0.1, -0.05) is 12.1 Å². The topological polar surface area (TPSA) is 44.1 Å². The van der Waals surface area contributed by atoms with Gasteiger partial charge in [-0.2, -0.15) is 5.10 Å². The summed E-state index contributed by atoms with van der Waals surface area (Å²) in [5, 5.41) is 4.18. The molecule has 0 unspecified atom stereocenters. The van der Waals surface area contributed by atoms with E-state index < -0.39 is 0 Å². The van der Waals surface area contributed by atoms with Crippen molar-refractivity contribution in [2.45, 2.75) is 6.92 Å². The summed E-state index contributed by atoms with van der Waals surface area (Å²) < 4.78 is 7.90. The van der Waals surface area contributed by atoms with Crippen LogP contribution in [0.25, 0.3) is 5.69 Å². The molecule has 0 atom stereocenters. The van der Waals surface area contributed by atoms with E-state index >= 15 is 0 Å². The Morgan fingerprint density at radius 2 is 2.24 bits per heavy atom. The van der Waals surface area contributed by atoms with Crippen molar-refractivity contribution in [3.63, 3.8) is 0 Å². The fourth-order valence-corrected chi connectivity index (χ4v) is 1.80. The number of carbonyl (C=O) groups excluding carboxylic acids is 1. The number of ether oxygens (including phenoxy) is 1. The maximum absolute atomic E-state index is 10.8. The lowest BCUT2D eigenvalue weighted by Gasteiger charge is -2.03. The fourth-order valence-electron chi connectivity index (χ4n) is 1.34. The van der Waals surface area contributed by atoms with E-state index in [1.165, 1.54) is 6.92 Å². The van der Waals surface area contributed by atoms with Gasteiger partial charge in [-0.15, -0.1) is 0 Å². The Bertz CT molecular complexity index is 537. The molecule has 0 bridgehead atoms. The molecule has 0 N–H and O–H groups in total. The van der Waals surface area contributed by atoms with Crippen LogP contribution in [0, 0.1) is 0 Å². The Morgan fingerprint density at radius 3 is 2.94 bits per heavy atom. The molecule has 0 radical (unpaired) electrons. The first-order chi connectivity index (χ1) is 8.16. The normalized spacial score (nSPS) is 10.2. The summed E-state index contributed by atoms with van der Waals surface area (Å²) in [4.78, 5) is 10.8. The second kappa shape index (κ2) is 5.14. The summed E-state index contributed by atoms with van der Waals surface area (Å²) in [7, 11) is 0. The zero-order valence-electron chi connectivity index (χ0n) is 9.26. The minimum absolute atomic E-state index is 0.0151. The predicted octanol–water partition coefficient (Wildman–Crippen LogP) is 2.60. The van der Waals surface area contributed by atoms with Gasteiger partial charge in [0.05, 0.1) is 18.1 Å². The SMILES string of the molecule is CC(=O)COc1cnn(-c2ccccc2Br)c1. The molecule has 0 saturated carbocycles. The monoisotopic (exact) mass is 294 g/mol. The molecule has 4 nitrogen and oxygen atoms in total. The van der Waals surface area contributed by atoms with Crippen LogP contribution < -0.4 is 4.74 Å². The highest BCUT2D eigenvalue weighted by Gasteiger charge is 2.05. The van der Waals surface area contributed by atoms with Crippen molar-refractivity contribution in [3.05, 3.63) is 41.1 Å². The van der Waals surface area contributed by atoms with Gasteiger partial charge in [-0.25, -0.2) is 4.68 Å². The van der Waals surface area contributed by atoms with Gasteiger partial charge in [0.1, 0.15) is 6.61 Å². The highest BCUT2D eigenvalue weighted by Crippen LogP contribution is 2.21. The lowest BCUT2D eigenvalue weighted by molar-refractivity contribution is -0.118. The summed E-state index contributed by atoms with van der Waals surface area (Å²) in [5.41, 5.74) is 0.921. The van der Waals surface area contributed by atoms with E-state index in [-0.39, 0.29) is 12.4 Å². The number of carbonyl (C=O) groups is 1. The first kappa shape index (κ1) is 11.9. The molecule has 17 heavy (non-hydrogen) atoms. The smallest absolute Gasteiger partial charge is 0.167 e. The molecule has 0 aliphatic carbocycles. The van der Waals surface area contributed by atoms with E-state index in [4.69, 9.17) is 4.74 Å². The molecule has 1 heterocycles. The molecule has 88 valence electrons. The molecule has 2 aromatic rings. The molecule has 1 aromatic heterocycles. The molecule has 0 saturated heterocycles. The van der Waals surface area contributed by atoms with Crippen molar-refractivity contribution in [1.82, 2.24) is 9.78 Å². The Kier molecular flexibility index (Phi) is 3.58. The number of aromatic nitrogens is 2. The lowest BCUT2D eigenvalue weighted by atomic mass is 10.3. The standard InChI is InChI=1S/C12H11BrN2O2/c1-9(16)8-17-10-6-14-15(7-10)12-5-3-2-4-11(12)13/h2-7H,8H2,1H3. The van der Waals surface area contributed by atoms with Crippen LogP contribution in [0.15, 0.2) is 41.1 Å². The largest absolute Gasteiger partial charge is 0.483 e. The minimum atomic E-state index is -0.0151. The van der Waals surface area contributed by atoms with Crippen molar-refractivity contribution in [3.8, 4) is 11.4 Å². The van der Waals surface area contributed by atoms with Crippen LogP contribution in [0.1, 0.15) is 6.92 Å². The zero-order valence-corrected chi connectivity index (χ0v) is 10.8. The van der Waals surface area contributed by atoms with Crippen molar-refractivity contribution >= 4 is 21.7 Å². The van der Waals surface area contributed by atoms with Crippen LogP contribution in [0.5, 0.6) is 5.75 Å². The van der Waals surface area contributed by atoms with Gasteiger partial charge in [0.2, 0.25) is 0 Å². The first-order valence-electron chi connectivity index (χ1n) is 5.08. The van der Waals surface area contributed by atoms with Crippen LogP contribution in [-0.2, 0) is 4.79 Å². The van der Waals surface area contributed by atoms with Gasteiger partial charge in [-0.3, -0.25) is 4.79 Å². The van der Waals surface area contributed by atoms with E-state index in [9.17, 15) is 4.79 Å². The van der Waals surface area contributed by atoms with Gasteiger partial charge in [0.25, 0.3) is 0 Å². The molecule has 0 fully saturated rings. The highest BCUT2D eigenvalue weighted by molar-refractivity contribution is 9.10. The van der Waals surface area contributed by atoms with Crippen LogP contribution in [0.4, 0.5) is 0 Å². The van der Waals surface area contributed by atoms with Crippen molar-refractivity contribution in [2.75, 3.05) is 6.61 Å². The number of hydrogen-bond acceptors (Lipinski definition) is 3. The fraction of sp³-hybridized carbons (Fsp3) is 0.167. The van der Waals surface area contributed by atoms with Gasteiger partial charge in [0.15, 0.2) is 11.5 Å². The average molecular weight is 295 g/mol. The third-order valence-electron chi connectivity index (χ3n) is 2.10. The lowest BCUT2D eigenvalue weighted by Crippen LogP contribution is -2.05. The molecule has 1 aromatic carbocycles. The number of para-hydroxylation sites is 1. The summed E-state index contributed by atoms with van der Waals surface area (Å²) in [6.07, 6.45) is 3.32. The number of ketones is 1. The number of benzene rings is 1. The molecule has 0 spiro atoms. The third kappa shape index (κ3) is 2.94. The Labute approximate surface area is 107 Å². The zero-order chi connectivity index (χ0) is 12.3. The summed E-state index contributed by atoms with van der Waals surface area (Å²) in [6.45, 7) is 1.56. The summed E-state index contributed by atoms with van der Waals surface area (Å²) in [5.74, 6) is 0.564. The number of halogens is 1. The second-order valence-electron chi connectivity index (χ2n) is 3.56. The van der Waals surface area contributed by atoms with E-state index in [2.05, 4.69) is 21.0 Å². The number of hydrogen-bond donors (Lipinski definition) is 0. The minimum Gasteiger partial charge on any atom is -0.483 e. The molecule has 0 aliphatic rings. The molecule has 0 aliphatic heterocycles. The van der Waals surface area contributed by atoms with Crippen LogP contribution in [0.3, 0.4) is 0 Å². The van der Waals surface area contributed by atoms with E-state index in [1.807, 2.05) is 24.3 Å². The van der Waals surface area contributed by atoms with Crippen LogP contribution >= 0.6 is 15.9 Å². The Hall–Kier alpha value is -1.62. The maximum Gasteiger partial charge on any atom is 0.167 e. The number of Topliss-reactive ketones (excluding diaryl/α,β-unsaturated/α-hetero) is 1. The van der Waals surface area contributed by atoms with Crippen LogP contribution in [0.2, 0.25) is 0 Å². The van der Waals surface area contributed by atoms with Crippen molar-refractivity contribution < 1.29 is 9.53 Å². The van der Waals surface area contributed by atoms with Crippen molar-refractivity contribution in [1.29, 1.82) is 0 Å². The molecular weight excluding hydrogens is 284 g/mol. The molecular formula is C12H11BrN2O2. The molecule has 2 rings (SSSR count).